The van der Waals surface area contributed by atoms with E-state index in [9.17, 15) is 9.59 Å². The van der Waals surface area contributed by atoms with Gasteiger partial charge in [-0.3, -0.25) is 19.4 Å². The van der Waals surface area contributed by atoms with Crippen LogP contribution in [0.3, 0.4) is 0 Å². The minimum Gasteiger partial charge on any atom is -0.340 e. The van der Waals surface area contributed by atoms with E-state index in [0.29, 0.717) is 34.8 Å². The third kappa shape index (κ3) is 4.29. The molecule has 3 aromatic heterocycles. The van der Waals surface area contributed by atoms with E-state index in [2.05, 4.69) is 20.8 Å². The molecule has 0 aliphatic carbocycles. The van der Waals surface area contributed by atoms with Crippen molar-refractivity contribution < 1.29 is 9.63 Å². The number of aryl methyl sites for hydroxylation is 1. The van der Waals surface area contributed by atoms with Gasteiger partial charge in [0.2, 0.25) is 0 Å². The standard InChI is InChI=1S/C23H21N5O3/c1-3-31-28-22(29)15-4-6-17(7-5-15)26-21-20-16(9-11-25-23(20)30)12-19(27-21)18-13-24-10-8-14(18)2/h4-13H,3H2,1-2H3,(H,25,30)(H,26,27)(H,28,29). The van der Waals surface area contributed by atoms with Crippen molar-refractivity contribution in [2.24, 2.45) is 0 Å². The summed E-state index contributed by atoms with van der Waals surface area (Å²) in [6, 6.07) is 12.4. The first-order chi connectivity index (χ1) is 15.1. The van der Waals surface area contributed by atoms with Crippen molar-refractivity contribution >= 4 is 28.2 Å². The lowest BCUT2D eigenvalue weighted by Crippen LogP contribution is -2.23. The summed E-state index contributed by atoms with van der Waals surface area (Å²) in [5.74, 6) is 0.0894. The molecule has 1 aromatic carbocycles. The predicted octanol–water partition coefficient (Wildman–Crippen LogP) is 3.72. The highest BCUT2D eigenvalue weighted by molar-refractivity contribution is 5.96. The maximum atomic E-state index is 12.5. The fourth-order valence-corrected chi connectivity index (χ4v) is 3.21. The van der Waals surface area contributed by atoms with Crippen molar-refractivity contribution in [3.63, 3.8) is 0 Å². The van der Waals surface area contributed by atoms with E-state index in [1.165, 1.54) is 0 Å². The van der Waals surface area contributed by atoms with Crippen LogP contribution in [0.25, 0.3) is 22.0 Å². The monoisotopic (exact) mass is 415 g/mol. The highest BCUT2D eigenvalue weighted by Crippen LogP contribution is 2.29. The van der Waals surface area contributed by atoms with Gasteiger partial charge in [0, 0.05) is 35.4 Å². The third-order valence-electron chi connectivity index (χ3n) is 4.79. The average Bonchev–Trinajstić information content (AvgIpc) is 2.78. The van der Waals surface area contributed by atoms with Crippen LogP contribution >= 0.6 is 0 Å². The second-order valence-corrected chi connectivity index (χ2v) is 6.88. The Morgan fingerprint density at radius 2 is 1.97 bits per heavy atom. The Balaban J connectivity index is 1.74. The summed E-state index contributed by atoms with van der Waals surface area (Å²) in [6.07, 6.45) is 5.10. The van der Waals surface area contributed by atoms with Crippen LogP contribution in [-0.2, 0) is 4.84 Å². The molecule has 0 spiro atoms. The number of carbonyl (C=O) groups is 1. The summed E-state index contributed by atoms with van der Waals surface area (Å²) in [5, 5.41) is 4.42. The first kappa shape index (κ1) is 20.2. The molecule has 156 valence electrons. The summed E-state index contributed by atoms with van der Waals surface area (Å²) < 4.78 is 0. The van der Waals surface area contributed by atoms with E-state index in [0.717, 1.165) is 16.5 Å². The lowest BCUT2D eigenvalue weighted by molar-refractivity contribution is 0.0364. The van der Waals surface area contributed by atoms with Crippen LogP contribution < -0.4 is 16.4 Å². The molecule has 0 saturated carbocycles. The maximum Gasteiger partial charge on any atom is 0.274 e. The van der Waals surface area contributed by atoms with Crippen molar-refractivity contribution in [2.45, 2.75) is 13.8 Å². The molecule has 4 rings (SSSR count). The van der Waals surface area contributed by atoms with Crippen LogP contribution in [0.1, 0.15) is 22.8 Å². The number of H-pyrrole nitrogens is 1. The number of hydrogen-bond donors (Lipinski definition) is 3. The second kappa shape index (κ2) is 8.76. The Kier molecular flexibility index (Phi) is 5.72. The van der Waals surface area contributed by atoms with Gasteiger partial charge in [-0.1, -0.05) is 0 Å². The van der Waals surface area contributed by atoms with Crippen molar-refractivity contribution in [1.82, 2.24) is 20.4 Å². The zero-order valence-electron chi connectivity index (χ0n) is 17.1. The minimum absolute atomic E-state index is 0.241. The van der Waals surface area contributed by atoms with Crippen LogP contribution in [0.15, 0.2) is 65.8 Å². The molecule has 3 N–H and O–H groups in total. The zero-order valence-corrected chi connectivity index (χ0v) is 17.1. The van der Waals surface area contributed by atoms with Gasteiger partial charge in [-0.25, -0.2) is 10.5 Å². The van der Waals surface area contributed by atoms with Crippen LogP contribution in [0, 0.1) is 6.92 Å². The molecule has 0 atom stereocenters. The van der Waals surface area contributed by atoms with E-state index >= 15 is 0 Å². The number of amides is 1. The number of nitrogens with zero attached hydrogens (tertiary/aromatic N) is 2. The minimum atomic E-state index is -0.331. The number of aromatic amines is 1. The number of hydroxylamine groups is 1. The summed E-state index contributed by atoms with van der Waals surface area (Å²) in [6.45, 7) is 4.15. The van der Waals surface area contributed by atoms with Gasteiger partial charge >= 0.3 is 0 Å². The largest absolute Gasteiger partial charge is 0.340 e. The summed E-state index contributed by atoms with van der Waals surface area (Å²) in [5.41, 5.74) is 5.88. The van der Waals surface area contributed by atoms with Crippen LogP contribution in [0.2, 0.25) is 0 Å². The fraction of sp³-hybridized carbons (Fsp3) is 0.130. The summed E-state index contributed by atoms with van der Waals surface area (Å²) in [4.78, 5) is 41.1. The van der Waals surface area contributed by atoms with Crippen LogP contribution in [0.5, 0.6) is 0 Å². The highest BCUT2D eigenvalue weighted by atomic mass is 16.6. The number of nitrogens with one attached hydrogen (secondary N) is 3. The number of benzene rings is 1. The van der Waals surface area contributed by atoms with E-state index in [1.54, 1.807) is 49.8 Å². The normalized spacial score (nSPS) is 10.8. The number of pyridine rings is 3. The Hall–Kier alpha value is -4.04. The smallest absolute Gasteiger partial charge is 0.274 e. The number of carbonyl (C=O) groups excluding carboxylic acids is 1. The van der Waals surface area contributed by atoms with Crippen molar-refractivity contribution in [3.05, 3.63) is 82.5 Å². The first-order valence-electron chi connectivity index (χ1n) is 9.79. The molecule has 8 heteroatoms. The molecule has 4 aromatic rings. The SMILES string of the molecule is CCONC(=O)c1ccc(Nc2nc(-c3cnccc3C)cc3cc[nH]c(=O)c23)cc1. The van der Waals surface area contributed by atoms with Crippen molar-refractivity contribution in [3.8, 4) is 11.3 Å². The molecular formula is C23H21N5O3. The van der Waals surface area contributed by atoms with E-state index in [-0.39, 0.29) is 11.5 Å². The Labute approximate surface area is 178 Å². The molecule has 3 heterocycles. The number of anilines is 2. The van der Waals surface area contributed by atoms with Gasteiger partial charge in [0.05, 0.1) is 17.7 Å². The molecule has 0 bridgehead atoms. The third-order valence-corrected chi connectivity index (χ3v) is 4.79. The molecule has 0 fully saturated rings. The number of rotatable bonds is 6. The van der Waals surface area contributed by atoms with Gasteiger partial charge in [0.1, 0.15) is 5.82 Å². The van der Waals surface area contributed by atoms with Crippen LogP contribution in [0.4, 0.5) is 11.5 Å². The Morgan fingerprint density at radius 3 is 2.71 bits per heavy atom. The van der Waals surface area contributed by atoms with Gasteiger partial charge in [-0.05, 0) is 67.3 Å². The number of aromatic nitrogens is 3. The molecular weight excluding hydrogens is 394 g/mol. The molecule has 1 amide bonds. The van der Waals surface area contributed by atoms with Crippen LogP contribution in [-0.4, -0.2) is 27.5 Å². The lowest BCUT2D eigenvalue weighted by atomic mass is 10.1. The second-order valence-electron chi connectivity index (χ2n) is 6.88. The maximum absolute atomic E-state index is 12.5. The Bertz CT molecular complexity index is 1300. The van der Waals surface area contributed by atoms with E-state index in [1.807, 2.05) is 25.1 Å². The predicted molar refractivity (Wildman–Crippen MR) is 119 cm³/mol. The highest BCUT2D eigenvalue weighted by Gasteiger charge is 2.13. The van der Waals surface area contributed by atoms with Gasteiger partial charge in [-0.15, -0.1) is 0 Å². The number of fused-ring (bicyclic) bond motifs is 1. The first-order valence-corrected chi connectivity index (χ1v) is 9.79. The molecule has 0 aliphatic rings. The van der Waals surface area contributed by atoms with Crippen molar-refractivity contribution in [2.75, 3.05) is 11.9 Å². The topological polar surface area (TPSA) is 109 Å². The van der Waals surface area contributed by atoms with E-state index < -0.39 is 0 Å². The lowest BCUT2D eigenvalue weighted by Gasteiger charge is -2.12. The molecule has 0 radical (unpaired) electrons. The quantitative estimate of drug-likeness (QED) is 0.414. The fourth-order valence-electron chi connectivity index (χ4n) is 3.21. The van der Waals surface area contributed by atoms with Gasteiger partial charge in [0.25, 0.3) is 11.5 Å². The summed E-state index contributed by atoms with van der Waals surface area (Å²) in [7, 11) is 0. The molecule has 0 aliphatic heterocycles. The van der Waals surface area contributed by atoms with Crippen molar-refractivity contribution in [1.29, 1.82) is 0 Å². The number of hydrogen-bond acceptors (Lipinski definition) is 6. The molecule has 8 nitrogen and oxygen atoms in total. The molecule has 31 heavy (non-hydrogen) atoms. The average molecular weight is 415 g/mol. The summed E-state index contributed by atoms with van der Waals surface area (Å²) >= 11 is 0. The molecule has 0 unspecified atom stereocenters. The van der Waals surface area contributed by atoms with Gasteiger partial charge in [0.15, 0.2) is 0 Å². The van der Waals surface area contributed by atoms with E-state index in [4.69, 9.17) is 9.82 Å². The van der Waals surface area contributed by atoms with Gasteiger partial charge < -0.3 is 10.3 Å². The zero-order chi connectivity index (χ0) is 21.8. The molecule has 0 saturated heterocycles. The Morgan fingerprint density at radius 1 is 1.16 bits per heavy atom. The van der Waals surface area contributed by atoms with Gasteiger partial charge in [-0.2, -0.15) is 0 Å².